The number of halogens is 1. The molecular formula is C22H20FNO4. The topological polar surface area (TPSA) is 55.8 Å². The molecule has 1 amide bonds. The highest BCUT2D eigenvalue weighted by atomic mass is 19.1. The number of carbonyl (C=O) groups excluding carboxylic acids is 2. The SMILES string of the molecule is O=C(c1ccc(F)cc1)c1ccc2c(c1)C1(OCCCO1)C(=O)N2CC1CC1. The monoisotopic (exact) mass is 381 g/mol. The van der Waals surface area contributed by atoms with E-state index in [0.29, 0.717) is 42.4 Å². The second-order valence-corrected chi connectivity index (χ2v) is 7.59. The summed E-state index contributed by atoms with van der Waals surface area (Å²) in [5, 5.41) is 0. The van der Waals surface area contributed by atoms with Gasteiger partial charge in [0, 0.05) is 23.2 Å². The van der Waals surface area contributed by atoms with Crippen molar-refractivity contribution in [2.45, 2.75) is 25.0 Å². The van der Waals surface area contributed by atoms with Gasteiger partial charge >= 0.3 is 0 Å². The first-order valence-electron chi connectivity index (χ1n) is 9.63. The van der Waals surface area contributed by atoms with Crippen LogP contribution in [0.2, 0.25) is 0 Å². The summed E-state index contributed by atoms with van der Waals surface area (Å²) in [6.45, 7) is 1.50. The molecule has 0 bridgehead atoms. The second-order valence-electron chi connectivity index (χ2n) is 7.59. The molecule has 3 aliphatic rings. The van der Waals surface area contributed by atoms with E-state index in [1.807, 2.05) is 0 Å². The largest absolute Gasteiger partial charge is 0.338 e. The third-order valence-electron chi connectivity index (χ3n) is 5.57. The van der Waals surface area contributed by atoms with E-state index in [1.54, 1.807) is 23.1 Å². The van der Waals surface area contributed by atoms with E-state index in [1.165, 1.54) is 24.3 Å². The van der Waals surface area contributed by atoms with Gasteiger partial charge in [-0.1, -0.05) is 0 Å². The first-order chi connectivity index (χ1) is 13.6. The Bertz CT molecular complexity index is 946. The molecule has 2 fully saturated rings. The van der Waals surface area contributed by atoms with Gasteiger partial charge in [0.15, 0.2) is 5.78 Å². The van der Waals surface area contributed by atoms with E-state index in [2.05, 4.69) is 0 Å². The number of rotatable bonds is 4. The number of benzene rings is 2. The lowest BCUT2D eigenvalue weighted by Crippen LogP contribution is -2.47. The Kier molecular flexibility index (Phi) is 4.07. The van der Waals surface area contributed by atoms with E-state index >= 15 is 0 Å². The molecule has 5 nitrogen and oxygen atoms in total. The number of amides is 1. The zero-order chi connectivity index (χ0) is 19.3. The molecule has 2 aromatic rings. The molecule has 0 unspecified atom stereocenters. The minimum atomic E-state index is -1.46. The Labute approximate surface area is 162 Å². The van der Waals surface area contributed by atoms with Crippen molar-refractivity contribution in [1.82, 2.24) is 0 Å². The van der Waals surface area contributed by atoms with Crippen molar-refractivity contribution >= 4 is 17.4 Å². The van der Waals surface area contributed by atoms with Gasteiger partial charge in [-0.05, 0) is 67.6 Å². The first-order valence-corrected chi connectivity index (χ1v) is 9.63. The number of ketones is 1. The third-order valence-corrected chi connectivity index (χ3v) is 5.57. The fourth-order valence-electron chi connectivity index (χ4n) is 3.90. The number of fused-ring (bicyclic) bond motifs is 2. The molecule has 1 saturated heterocycles. The zero-order valence-corrected chi connectivity index (χ0v) is 15.3. The average Bonchev–Trinajstić information content (AvgIpc) is 3.53. The van der Waals surface area contributed by atoms with Crippen molar-refractivity contribution in [1.29, 1.82) is 0 Å². The number of hydrogen-bond donors (Lipinski definition) is 0. The summed E-state index contributed by atoms with van der Waals surface area (Å²) in [6.07, 6.45) is 2.96. The Balaban J connectivity index is 1.56. The van der Waals surface area contributed by atoms with Crippen LogP contribution in [0.4, 0.5) is 10.1 Å². The summed E-state index contributed by atoms with van der Waals surface area (Å²) in [6, 6.07) is 10.6. The summed E-state index contributed by atoms with van der Waals surface area (Å²) < 4.78 is 24.9. The lowest BCUT2D eigenvalue weighted by Gasteiger charge is -2.32. The Morgan fingerprint density at radius 3 is 2.43 bits per heavy atom. The van der Waals surface area contributed by atoms with Crippen LogP contribution in [-0.4, -0.2) is 31.4 Å². The van der Waals surface area contributed by atoms with E-state index in [4.69, 9.17) is 9.47 Å². The maximum absolute atomic E-state index is 13.2. The summed E-state index contributed by atoms with van der Waals surface area (Å²) in [5.74, 6) is -1.78. The van der Waals surface area contributed by atoms with Crippen LogP contribution in [0, 0.1) is 11.7 Å². The van der Waals surface area contributed by atoms with Crippen molar-refractivity contribution in [3.05, 3.63) is 65.0 Å². The first kappa shape index (κ1) is 17.5. The highest BCUT2D eigenvalue weighted by Gasteiger charge is 2.55. The molecular weight excluding hydrogens is 361 g/mol. The van der Waals surface area contributed by atoms with Crippen molar-refractivity contribution in [2.24, 2.45) is 5.92 Å². The fraction of sp³-hybridized carbons (Fsp3) is 0.364. The van der Waals surface area contributed by atoms with Gasteiger partial charge in [0.05, 0.1) is 18.9 Å². The zero-order valence-electron chi connectivity index (χ0n) is 15.3. The molecule has 0 atom stereocenters. The van der Waals surface area contributed by atoms with Crippen molar-refractivity contribution < 1.29 is 23.5 Å². The van der Waals surface area contributed by atoms with Crippen molar-refractivity contribution in [3.63, 3.8) is 0 Å². The van der Waals surface area contributed by atoms with Crippen LogP contribution in [0.3, 0.4) is 0 Å². The standard InChI is InChI=1S/C22H20FNO4/c23-17-7-4-15(5-8-17)20(25)16-6-9-19-18(12-16)22(27-10-1-11-28-22)21(26)24(19)13-14-2-3-14/h4-9,12,14H,1-3,10-11,13H2. The van der Waals surface area contributed by atoms with E-state index in [0.717, 1.165) is 24.9 Å². The van der Waals surface area contributed by atoms with Gasteiger partial charge in [-0.25, -0.2) is 4.39 Å². The van der Waals surface area contributed by atoms with E-state index < -0.39 is 11.6 Å². The predicted octanol–water partition coefficient (Wildman–Crippen LogP) is 3.40. The van der Waals surface area contributed by atoms with Crippen molar-refractivity contribution in [2.75, 3.05) is 24.7 Å². The molecule has 1 spiro atoms. The van der Waals surface area contributed by atoms with Crippen LogP contribution in [0.1, 0.15) is 40.7 Å². The fourth-order valence-corrected chi connectivity index (χ4v) is 3.90. The lowest BCUT2D eigenvalue weighted by molar-refractivity contribution is -0.256. The summed E-state index contributed by atoms with van der Waals surface area (Å²) >= 11 is 0. The van der Waals surface area contributed by atoms with Crippen LogP contribution in [0.15, 0.2) is 42.5 Å². The Morgan fingerprint density at radius 1 is 1.07 bits per heavy atom. The highest BCUT2D eigenvalue weighted by molar-refractivity contribution is 6.11. The summed E-state index contributed by atoms with van der Waals surface area (Å²) in [4.78, 5) is 27.9. The highest BCUT2D eigenvalue weighted by Crippen LogP contribution is 2.47. The summed E-state index contributed by atoms with van der Waals surface area (Å²) in [5.41, 5.74) is 2.14. The van der Waals surface area contributed by atoms with Crippen molar-refractivity contribution in [3.8, 4) is 0 Å². The number of hydrogen-bond acceptors (Lipinski definition) is 4. The molecule has 1 saturated carbocycles. The molecule has 28 heavy (non-hydrogen) atoms. The summed E-state index contributed by atoms with van der Waals surface area (Å²) in [7, 11) is 0. The Hall–Kier alpha value is -2.57. The van der Waals surface area contributed by atoms with Gasteiger partial charge < -0.3 is 14.4 Å². The van der Waals surface area contributed by atoms with Crippen LogP contribution >= 0.6 is 0 Å². The number of nitrogens with zero attached hydrogens (tertiary/aromatic N) is 1. The van der Waals surface area contributed by atoms with Gasteiger partial charge in [0.2, 0.25) is 0 Å². The van der Waals surface area contributed by atoms with Gasteiger partial charge in [-0.3, -0.25) is 9.59 Å². The molecule has 5 rings (SSSR count). The molecule has 0 N–H and O–H groups in total. The molecule has 0 radical (unpaired) electrons. The molecule has 1 aliphatic carbocycles. The average molecular weight is 381 g/mol. The van der Waals surface area contributed by atoms with Crippen LogP contribution in [0.5, 0.6) is 0 Å². The second kappa shape index (κ2) is 6.50. The number of anilines is 1. The smallest absolute Gasteiger partial charge is 0.292 e. The Morgan fingerprint density at radius 2 is 1.75 bits per heavy atom. The van der Waals surface area contributed by atoms with Gasteiger partial charge in [0.25, 0.3) is 11.7 Å². The maximum atomic E-state index is 13.2. The maximum Gasteiger partial charge on any atom is 0.292 e. The van der Waals surface area contributed by atoms with Gasteiger partial charge in [-0.2, -0.15) is 0 Å². The predicted molar refractivity (Wildman–Crippen MR) is 99.6 cm³/mol. The minimum absolute atomic E-state index is 0.208. The normalized spacial score (nSPS) is 20.5. The quantitative estimate of drug-likeness (QED) is 0.762. The van der Waals surface area contributed by atoms with Crippen LogP contribution in [0.25, 0.3) is 0 Å². The molecule has 2 heterocycles. The minimum Gasteiger partial charge on any atom is -0.338 e. The third kappa shape index (κ3) is 2.75. The van der Waals surface area contributed by atoms with Gasteiger partial charge in [0.1, 0.15) is 5.82 Å². The number of carbonyl (C=O) groups is 2. The van der Waals surface area contributed by atoms with E-state index in [-0.39, 0.29) is 11.7 Å². The van der Waals surface area contributed by atoms with Gasteiger partial charge in [-0.15, -0.1) is 0 Å². The molecule has 2 aliphatic heterocycles. The molecule has 6 heteroatoms. The van der Waals surface area contributed by atoms with Crippen LogP contribution in [-0.2, 0) is 20.1 Å². The molecule has 144 valence electrons. The molecule has 2 aromatic carbocycles. The lowest BCUT2D eigenvalue weighted by atomic mass is 9.97. The number of ether oxygens (including phenoxy) is 2. The van der Waals surface area contributed by atoms with E-state index in [9.17, 15) is 14.0 Å². The van der Waals surface area contributed by atoms with Crippen LogP contribution < -0.4 is 4.90 Å². The molecule has 0 aromatic heterocycles.